The van der Waals surface area contributed by atoms with Crippen LogP contribution in [0.25, 0.3) is 11.3 Å². The number of oxazole rings is 1. The van der Waals surface area contributed by atoms with Gasteiger partial charge in [0.2, 0.25) is 0 Å². The van der Waals surface area contributed by atoms with Crippen molar-refractivity contribution in [1.29, 1.82) is 0 Å². The Morgan fingerprint density at radius 1 is 1.30 bits per heavy atom. The van der Waals surface area contributed by atoms with Gasteiger partial charge in [-0.3, -0.25) is 4.68 Å². The van der Waals surface area contributed by atoms with Crippen molar-refractivity contribution in [3.05, 3.63) is 24.0 Å². The van der Waals surface area contributed by atoms with E-state index in [0.717, 1.165) is 42.3 Å². The summed E-state index contributed by atoms with van der Waals surface area (Å²) in [5.41, 5.74) is 2.26. The molecule has 0 radical (unpaired) electrons. The van der Waals surface area contributed by atoms with Crippen LogP contribution in [0.1, 0.15) is 38.8 Å². The van der Waals surface area contributed by atoms with Gasteiger partial charge in [0.1, 0.15) is 0 Å². The Labute approximate surface area is 120 Å². The minimum absolute atomic E-state index is 0.161. The van der Waals surface area contributed by atoms with E-state index < -0.39 is 0 Å². The zero-order valence-corrected chi connectivity index (χ0v) is 13.0. The Hall–Kier alpha value is -1.62. The van der Waals surface area contributed by atoms with Gasteiger partial charge < -0.3 is 9.73 Å². The van der Waals surface area contributed by atoms with Gasteiger partial charge in [-0.2, -0.15) is 5.10 Å². The second-order valence-corrected chi connectivity index (χ2v) is 6.17. The summed E-state index contributed by atoms with van der Waals surface area (Å²) < 4.78 is 7.64. The van der Waals surface area contributed by atoms with Gasteiger partial charge in [-0.1, -0.05) is 0 Å². The third kappa shape index (κ3) is 3.70. The molecule has 20 heavy (non-hydrogen) atoms. The van der Waals surface area contributed by atoms with Gasteiger partial charge in [-0.05, 0) is 40.7 Å². The fourth-order valence-corrected chi connectivity index (χ4v) is 1.99. The van der Waals surface area contributed by atoms with Crippen LogP contribution >= 0.6 is 0 Å². The third-order valence-electron chi connectivity index (χ3n) is 3.28. The topological polar surface area (TPSA) is 55.9 Å². The molecule has 2 aromatic rings. The van der Waals surface area contributed by atoms with Crippen molar-refractivity contribution in [3.63, 3.8) is 0 Å². The van der Waals surface area contributed by atoms with Crippen molar-refractivity contribution < 1.29 is 4.42 Å². The summed E-state index contributed by atoms with van der Waals surface area (Å²) in [5.74, 6) is 1.59. The Balaban J connectivity index is 1.91. The van der Waals surface area contributed by atoms with Crippen molar-refractivity contribution in [2.24, 2.45) is 7.05 Å². The molecule has 0 bridgehead atoms. The van der Waals surface area contributed by atoms with E-state index in [1.807, 2.05) is 24.9 Å². The van der Waals surface area contributed by atoms with Crippen LogP contribution in [0.4, 0.5) is 0 Å². The van der Waals surface area contributed by atoms with Crippen LogP contribution in [0, 0.1) is 6.92 Å². The van der Waals surface area contributed by atoms with E-state index in [-0.39, 0.29) is 5.54 Å². The predicted molar refractivity (Wildman–Crippen MR) is 79.5 cm³/mol. The SMILES string of the molecule is Cc1c(-c2cnc(CCCNC(C)(C)C)o2)cnn1C. The predicted octanol–water partition coefficient (Wildman–Crippen LogP) is 2.70. The maximum Gasteiger partial charge on any atom is 0.194 e. The van der Waals surface area contributed by atoms with Crippen LogP contribution in [0.2, 0.25) is 0 Å². The first-order valence-corrected chi connectivity index (χ1v) is 7.05. The Bertz CT molecular complexity index is 563. The van der Waals surface area contributed by atoms with E-state index >= 15 is 0 Å². The average molecular weight is 276 g/mol. The lowest BCUT2D eigenvalue weighted by molar-refractivity contribution is 0.412. The lowest BCUT2D eigenvalue weighted by Crippen LogP contribution is -2.36. The molecule has 5 heteroatoms. The number of rotatable bonds is 5. The molecular formula is C15H24N4O. The molecule has 0 atom stereocenters. The summed E-state index contributed by atoms with van der Waals surface area (Å²) in [6, 6.07) is 0. The normalized spacial score (nSPS) is 12.1. The molecule has 2 aromatic heterocycles. The first-order valence-electron chi connectivity index (χ1n) is 7.05. The second-order valence-electron chi connectivity index (χ2n) is 6.17. The van der Waals surface area contributed by atoms with Crippen LogP contribution in [0.3, 0.4) is 0 Å². The second kappa shape index (κ2) is 5.79. The van der Waals surface area contributed by atoms with E-state index in [1.54, 1.807) is 6.20 Å². The molecule has 0 aliphatic carbocycles. The van der Waals surface area contributed by atoms with E-state index in [2.05, 4.69) is 36.2 Å². The highest BCUT2D eigenvalue weighted by Gasteiger charge is 2.12. The minimum atomic E-state index is 0.161. The maximum atomic E-state index is 5.80. The maximum absolute atomic E-state index is 5.80. The number of nitrogens with zero attached hydrogens (tertiary/aromatic N) is 3. The monoisotopic (exact) mass is 276 g/mol. The number of aryl methyl sites for hydroxylation is 2. The molecule has 2 rings (SSSR count). The minimum Gasteiger partial charge on any atom is -0.441 e. The zero-order chi connectivity index (χ0) is 14.8. The fraction of sp³-hybridized carbons (Fsp3) is 0.600. The Morgan fingerprint density at radius 2 is 2.05 bits per heavy atom. The molecule has 0 amide bonds. The molecule has 5 nitrogen and oxygen atoms in total. The number of hydrogen-bond donors (Lipinski definition) is 1. The van der Waals surface area contributed by atoms with Gasteiger partial charge in [-0.25, -0.2) is 4.98 Å². The van der Waals surface area contributed by atoms with Gasteiger partial charge in [-0.15, -0.1) is 0 Å². The van der Waals surface area contributed by atoms with Crippen molar-refractivity contribution in [2.45, 2.75) is 46.1 Å². The fourth-order valence-electron chi connectivity index (χ4n) is 1.99. The number of hydrogen-bond acceptors (Lipinski definition) is 4. The highest BCUT2D eigenvalue weighted by molar-refractivity contribution is 5.58. The lowest BCUT2D eigenvalue weighted by atomic mass is 10.1. The lowest BCUT2D eigenvalue weighted by Gasteiger charge is -2.19. The summed E-state index contributed by atoms with van der Waals surface area (Å²) in [6.45, 7) is 9.50. The van der Waals surface area contributed by atoms with Crippen LogP contribution in [-0.2, 0) is 13.5 Å². The molecule has 1 N–H and O–H groups in total. The smallest absolute Gasteiger partial charge is 0.194 e. The molecule has 0 aliphatic heterocycles. The van der Waals surface area contributed by atoms with E-state index in [1.165, 1.54) is 0 Å². The van der Waals surface area contributed by atoms with Gasteiger partial charge in [0.15, 0.2) is 11.7 Å². The average Bonchev–Trinajstić information content (AvgIpc) is 2.93. The Kier molecular flexibility index (Phi) is 4.28. The van der Waals surface area contributed by atoms with E-state index in [4.69, 9.17) is 4.42 Å². The highest BCUT2D eigenvalue weighted by Crippen LogP contribution is 2.23. The molecular weight excluding hydrogens is 252 g/mol. The molecule has 2 heterocycles. The molecule has 0 unspecified atom stereocenters. The highest BCUT2D eigenvalue weighted by atomic mass is 16.4. The van der Waals surface area contributed by atoms with Gasteiger partial charge in [0, 0.05) is 24.7 Å². The van der Waals surface area contributed by atoms with Crippen LogP contribution in [-0.4, -0.2) is 26.8 Å². The molecule has 0 spiro atoms. The van der Waals surface area contributed by atoms with Crippen LogP contribution in [0.15, 0.2) is 16.8 Å². The standard InChI is InChI=1S/C15H24N4O/c1-11-12(9-18-19(11)5)13-10-16-14(20-13)7-6-8-17-15(2,3)4/h9-10,17H,6-8H2,1-5H3. The number of nitrogens with one attached hydrogen (secondary N) is 1. The Morgan fingerprint density at radius 3 is 2.65 bits per heavy atom. The zero-order valence-electron chi connectivity index (χ0n) is 13.0. The summed E-state index contributed by atoms with van der Waals surface area (Å²) in [4.78, 5) is 4.35. The quantitative estimate of drug-likeness (QED) is 0.853. The van der Waals surface area contributed by atoms with Gasteiger partial charge in [0.25, 0.3) is 0 Å². The molecule has 0 aliphatic rings. The molecule has 0 aromatic carbocycles. The summed E-state index contributed by atoms with van der Waals surface area (Å²) in [6.07, 6.45) is 5.48. The van der Waals surface area contributed by atoms with Gasteiger partial charge in [0.05, 0.1) is 18.0 Å². The van der Waals surface area contributed by atoms with Crippen molar-refractivity contribution in [3.8, 4) is 11.3 Å². The largest absolute Gasteiger partial charge is 0.441 e. The molecule has 110 valence electrons. The molecule has 0 saturated carbocycles. The first kappa shape index (κ1) is 14.8. The summed E-state index contributed by atoms with van der Waals surface area (Å²) >= 11 is 0. The van der Waals surface area contributed by atoms with E-state index in [9.17, 15) is 0 Å². The van der Waals surface area contributed by atoms with Crippen LogP contribution in [0.5, 0.6) is 0 Å². The summed E-state index contributed by atoms with van der Waals surface area (Å²) in [5, 5.41) is 7.68. The number of aromatic nitrogens is 3. The molecule has 0 saturated heterocycles. The summed E-state index contributed by atoms with van der Waals surface area (Å²) in [7, 11) is 1.92. The van der Waals surface area contributed by atoms with Crippen molar-refractivity contribution in [2.75, 3.05) is 6.54 Å². The third-order valence-corrected chi connectivity index (χ3v) is 3.28. The molecule has 0 fully saturated rings. The first-order chi connectivity index (χ1) is 9.37. The van der Waals surface area contributed by atoms with E-state index in [0.29, 0.717) is 0 Å². The van der Waals surface area contributed by atoms with Crippen molar-refractivity contribution in [1.82, 2.24) is 20.1 Å². The van der Waals surface area contributed by atoms with Crippen LogP contribution < -0.4 is 5.32 Å². The van der Waals surface area contributed by atoms with Crippen molar-refractivity contribution >= 4 is 0 Å². The van der Waals surface area contributed by atoms with Gasteiger partial charge >= 0.3 is 0 Å².